The maximum absolute atomic E-state index is 10.00. The van der Waals surface area contributed by atoms with Gasteiger partial charge in [-0.25, -0.2) is 0 Å². The van der Waals surface area contributed by atoms with Crippen LogP contribution in [0, 0.1) is 16.5 Å². The summed E-state index contributed by atoms with van der Waals surface area (Å²) in [4.78, 5) is 14.4. The smallest absolute Gasteiger partial charge is 0.294 e. The molecular formula is C6H7NO5. The van der Waals surface area contributed by atoms with Crippen molar-refractivity contribution >= 4 is 0 Å². The molecular weight excluding hydrogens is 166 g/mol. The molecule has 0 saturated carbocycles. The number of hydrogen-bond donors (Lipinski definition) is 0. The summed E-state index contributed by atoms with van der Waals surface area (Å²) in [5, 5.41) is 9.17. The van der Waals surface area contributed by atoms with Gasteiger partial charge in [-0.15, -0.1) is 10.1 Å². The van der Waals surface area contributed by atoms with Gasteiger partial charge < -0.3 is 14.3 Å². The van der Waals surface area contributed by atoms with Crippen LogP contribution in [-0.2, 0) is 14.3 Å². The summed E-state index contributed by atoms with van der Waals surface area (Å²) in [6.45, 7) is 0.552. The van der Waals surface area contributed by atoms with Crippen LogP contribution in [0.1, 0.15) is 0 Å². The van der Waals surface area contributed by atoms with Gasteiger partial charge in [0, 0.05) is 6.42 Å². The van der Waals surface area contributed by atoms with Crippen LogP contribution in [0.25, 0.3) is 0 Å². The molecule has 2 fully saturated rings. The lowest BCUT2D eigenvalue weighted by molar-refractivity contribution is -0.769. The minimum absolute atomic E-state index is 0.198. The lowest BCUT2D eigenvalue weighted by atomic mass is 10.1. The molecule has 12 heavy (non-hydrogen) atoms. The van der Waals surface area contributed by atoms with E-state index in [1.807, 2.05) is 0 Å². The fraction of sp³-hybridized carbons (Fsp3) is 0.833. The third kappa shape index (κ3) is 1.23. The van der Waals surface area contributed by atoms with Crippen LogP contribution in [0.15, 0.2) is 0 Å². The van der Waals surface area contributed by atoms with Crippen molar-refractivity contribution in [1.29, 1.82) is 0 Å². The Morgan fingerprint density at radius 3 is 3.17 bits per heavy atom. The van der Waals surface area contributed by atoms with E-state index in [1.165, 1.54) is 0 Å². The highest BCUT2D eigenvalue weighted by atomic mass is 17.0. The number of rotatable bonds is 2. The Morgan fingerprint density at radius 1 is 1.58 bits per heavy atom. The fourth-order valence-corrected chi connectivity index (χ4v) is 1.38. The Kier molecular flexibility index (Phi) is 1.86. The topological polar surface area (TPSA) is 70.8 Å². The zero-order valence-corrected chi connectivity index (χ0v) is 6.13. The summed E-state index contributed by atoms with van der Waals surface area (Å²) in [5.41, 5.74) is 0. The van der Waals surface area contributed by atoms with Gasteiger partial charge >= 0.3 is 0 Å². The number of nitrogens with zero attached hydrogens (tertiary/aromatic N) is 1. The van der Waals surface area contributed by atoms with Crippen LogP contribution in [0.2, 0.25) is 0 Å². The van der Waals surface area contributed by atoms with Crippen molar-refractivity contribution in [2.75, 3.05) is 13.2 Å². The van der Waals surface area contributed by atoms with Crippen LogP contribution < -0.4 is 0 Å². The molecule has 2 aliphatic heterocycles. The average molecular weight is 173 g/mol. The predicted octanol–water partition coefficient (Wildman–Crippen LogP) is -0.558. The molecule has 2 saturated heterocycles. The van der Waals surface area contributed by atoms with Crippen LogP contribution in [0.5, 0.6) is 0 Å². The first-order valence-corrected chi connectivity index (χ1v) is 3.55. The van der Waals surface area contributed by atoms with Gasteiger partial charge in [0.1, 0.15) is 6.10 Å². The van der Waals surface area contributed by atoms with Crippen molar-refractivity contribution in [2.24, 2.45) is 0 Å². The average Bonchev–Trinajstić information content (AvgIpc) is 2.52. The molecule has 0 aromatic carbocycles. The molecule has 0 unspecified atom stereocenters. The molecule has 0 amide bonds. The summed E-state index contributed by atoms with van der Waals surface area (Å²) >= 11 is 0. The zero-order valence-electron chi connectivity index (χ0n) is 6.13. The SMILES string of the molecule is O=[N+]([O-])O[C@@H]1CO[C@H]2[C]CO[C@@H]21. The van der Waals surface area contributed by atoms with Crippen molar-refractivity contribution in [3.8, 4) is 0 Å². The van der Waals surface area contributed by atoms with E-state index < -0.39 is 11.2 Å². The van der Waals surface area contributed by atoms with Crippen molar-refractivity contribution in [3.63, 3.8) is 0 Å². The molecule has 2 aliphatic rings. The van der Waals surface area contributed by atoms with E-state index in [1.54, 1.807) is 0 Å². The molecule has 0 aliphatic carbocycles. The highest BCUT2D eigenvalue weighted by Gasteiger charge is 2.44. The van der Waals surface area contributed by atoms with Gasteiger partial charge in [-0.2, -0.15) is 0 Å². The minimum atomic E-state index is -0.821. The molecule has 0 bridgehead atoms. The Hall–Kier alpha value is -0.880. The van der Waals surface area contributed by atoms with Crippen LogP contribution in [0.3, 0.4) is 0 Å². The van der Waals surface area contributed by atoms with E-state index in [4.69, 9.17) is 9.47 Å². The van der Waals surface area contributed by atoms with Crippen molar-refractivity contribution in [2.45, 2.75) is 18.3 Å². The normalized spacial score (nSPS) is 39.5. The Morgan fingerprint density at radius 2 is 2.42 bits per heavy atom. The molecule has 0 N–H and O–H groups in total. The van der Waals surface area contributed by atoms with Crippen LogP contribution >= 0.6 is 0 Å². The Bertz CT molecular complexity index is 196. The van der Waals surface area contributed by atoms with E-state index >= 15 is 0 Å². The van der Waals surface area contributed by atoms with Crippen LogP contribution in [0.4, 0.5) is 0 Å². The summed E-state index contributed by atoms with van der Waals surface area (Å²) < 4.78 is 10.2. The van der Waals surface area contributed by atoms with E-state index in [-0.39, 0.29) is 18.8 Å². The third-order valence-electron chi connectivity index (χ3n) is 1.89. The highest BCUT2D eigenvalue weighted by molar-refractivity contribution is 4.98. The molecule has 0 aromatic heterocycles. The second-order valence-electron chi connectivity index (χ2n) is 2.60. The lowest BCUT2D eigenvalue weighted by Gasteiger charge is -2.12. The monoisotopic (exact) mass is 173 g/mol. The Labute approximate surface area is 68.5 Å². The van der Waals surface area contributed by atoms with Crippen molar-refractivity contribution in [1.82, 2.24) is 0 Å². The first-order chi connectivity index (χ1) is 5.77. The minimum Gasteiger partial charge on any atom is -0.372 e. The maximum atomic E-state index is 10.00. The molecule has 66 valence electrons. The van der Waals surface area contributed by atoms with Gasteiger partial charge in [0.25, 0.3) is 5.09 Å². The number of hydrogen-bond acceptors (Lipinski definition) is 5. The summed E-state index contributed by atoms with van der Waals surface area (Å²) in [6, 6.07) is 0. The predicted molar refractivity (Wildman–Crippen MR) is 34.6 cm³/mol. The third-order valence-corrected chi connectivity index (χ3v) is 1.89. The lowest BCUT2D eigenvalue weighted by Crippen LogP contribution is -2.31. The van der Waals surface area contributed by atoms with Gasteiger partial charge in [0.05, 0.1) is 19.3 Å². The van der Waals surface area contributed by atoms with Crippen molar-refractivity contribution < 1.29 is 19.4 Å². The summed E-state index contributed by atoms with van der Waals surface area (Å²) in [5.74, 6) is 0. The molecule has 2 rings (SSSR count). The Balaban J connectivity index is 1.95. The van der Waals surface area contributed by atoms with E-state index in [0.29, 0.717) is 6.61 Å². The zero-order chi connectivity index (χ0) is 8.55. The first-order valence-electron chi connectivity index (χ1n) is 3.55. The van der Waals surface area contributed by atoms with Gasteiger partial charge in [-0.3, -0.25) is 0 Å². The maximum Gasteiger partial charge on any atom is 0.294 e. The quantitative estimate of drug-likeness (QED) is 0.413. The molecule has 6 heteroatoms. The fourth-order valence-electron chi connectivity index (χ4n) is 1.38. The summed E-state index contributed by atoms with van der Waals surface area (Å²) in [7, 11) is 0. The van der Waals surface area contributed by atoms with Gasteiger partial charge in [-0.05, 0) is 0 Å². The molecule has 0 spiro atoms. The van der Waals surface area contributed by atoms with Gasteiger partial charge in [0.2, 0.25) is 0 Å². The standard InChI is InChI=1S/C6H7NO5/c8-7(9)12-5-3-11-4-1-2-10-6(4)5/h4-6H,2-3H2/t4-,5+,6-/m0/s1. The largest absolute Gasteiger partial charge is 0.372 e. The van der Waals surface area contributed by atoms with E-state index in [9.17, 15) is 10.1 Å². The molecule has 6 nitrogen and oxygen atoms in total. The number of ether oxygens (including phenoxy) is 2. The van der Waals surface area contributed by atoms with Gasteiger partial charge in [0.15, 0.2) is 6.10 Å². The van der Waals surface area contributed by atoms with E-state index in [0.717, 1.165) is 0 Å². The van der Waals surface area contributed by atoms with Gasteiger partial charge in [-0.1, -0.05) is 0 Å². The second kappa shape index (κ2) is 2.87. The highest BCUT2D eigenvalue weighted by Crippen LogP contribution is 2.27. The molecule has 2 heterocycles. The van der Waals surface area contributed by atoms with Crippen molar-refractivity contribution in [3.05, 3.63) is 16.5 Å². The summed E-state index contributed by atoms with van der Waals surface area (Å²) in [6.07, 6.45) is 1.67. The first kappa shape index (κ1) is 7.75. The van der Waals surface area contributed by atoms with E-state index in [2.05, 4.69) is 11.3 Å². The second-order valence-corrected chi connectivity index (χ2v) is 2.60. The molecule has 2 radical (unpaired) electrons. The number of fused-ring (bicyclic) bond motifs is 1. The molecule has 0 aromatic rings. The van der Waals surface area contributed by atoms with Crippen LogP contribution in [-0.4, -0.2) is 36.6 Å². The molecule has 3 atom stereocenters.